The summed E-state index contributed by atoms with van der Waals surface area (Å²) in [6, 6.07) is 8.61. The van der Waals surface area contributed by atoms with Crippen molar-refractivity contribution in [3.8, 4) is 0 Å². The number of carbonyl (C=O) groups excluding carboxylic acids is 1. The maximum absolute atomic E-state index is 12.1. The Bertz CT molecular complexity index is 737. The maximum atomic E-state index is 12.1. The van der Waals surface area contributed by atoms with Crippen molar-refractivity contribution in [2.24, 2.45) is 0 Å². The van der Waals surface area contributed by atoms with Crippen LogP contribution in [0.3, 0.4) is 0 Å². The Kier molecular flexibility index (Phi) is 4.82. The Balaban J connectivity index is 2.31. The van der Waals surface area contributed by atoms with E-state index in [4.69, 9.17) is 23.2 Å². The number of nitrogens with zero attached hydrogens (tertiary/aromatic N) is 1. The Morgan fingerprint density at radius 1 is 1.19 bits per heavy atom. The highest BCUT2D eigenvalue weighted by molar-refractivity contribution is 9.10. The number of carbonyl (C=O) groups is 1. The van der Waals surface area contributed by atoms with Gasteiger partial charge < -0.3 is 5.32 Å². The summed E-state index contributed by atoms with van der Waals surface area (Å²) in [4.78, 5) is 22.5. The number of anilines is 1. The van der Waals surface area contributed by atoms with Crippen LogP contribution >= 0.6 is 39.1 Å². The lowest BCUT2D eigenvalue weighted by Crippen LogP contribution is -2.13. The molecule has 0 fully saturated rings. The van der Waals surface area contributed by atoms with Gasteiger partial charge in [0.2, 0.25) is 0 Å². The molecule has 0 aromatic heterocycles. The number of nitro benzene ring substituents is 1. The van der Waals surface area contributed by atoms with Crippen LogP contribution in [0.2, 0.25) is 10.0 Å². The Labute approximate surface area is 138 Å². The van der Waals surface area contributed by atoms with Gasteiger partial charge in [0.05, 0.1) is 9.95 Å². The van der Waals surface area contributed by atoms with E-state index < -0.39 is 10.8 Å². The van der Waals surface area contributed by atoms with Gasteiger partial charge in [-0.15, -0.1) is 0 Å². The third-order valence-corrected chi connectivity index (χ3v) is 4.04. The van der Waals surface area contributed by atoms with E-state index in [1.54, 1.807) is 6.07 Å². The molecule has 0 unspecified atom stereocenters. The minimum absolute atomic E-state index is 0.0699. The fourth-order valence-electron chi connectivity index (χ4n) is 1.59. The molecule has 21 heavy (non-hydrogen) atoms. The molecule has 0 aliphatic rings. The van der Waals surface area contributed by atoms with Crippen molar-refractivity contribution in [3.63, 3.8) is 0 Å². The van der Waals surface area contributed by atoms with E-state index in [0.717, 1.165) is 0 Å². The van der Waals surface area contributed by atoms with Gasteiger partial charge in [-0.25, -0.2) is 0 Å². The minimum Gasteiger partial charge on any atom is -0.316 e. The van der Waals surface area contributed by atoms with Gasteiger partial charge in [-0.2, -0.15) is 0 Å². The van der Waals surface area contributed by atoms with Crippen LogP contribution in [-0.2, 0) is 0 Å². The predicted molar refractivity (Wildman–Crippen MR) is 85.2 cm³/mol. The predicted octanol–water partition coefficient (Wildman–Crippen LogP) is 4.92. The monoisotopic (exact) mass is 388 g/mol. The number of nitrogens with one attached hydrogen (secondary N) is 1. The van der Waals surface area contributed by atoms with Crippen LogP contribution in [0.25, 0.3) is 0 Å². The lowest BCUT2D eigenvalue weighted by Gasteiger charge is -2.07. The molecule has 0 aliphatic carbocycles. The number of amides is 1. The normalized spacial score (nSPS) is 10.2. The summed E-state index contributed by atoms with van der Waals surface area (Å²) in [5, 5.41) is 14.1. The maximum Gasteiger partial charge on any atom is 0.294 e. The van der Waals surface area contributed by atoms with Gasteiger partial charge >= 0.3 is 0 Å². The average Bonchev–Trinajstić information content (AvgIpc) is 2.43. The number of hydrogen-bond donors (Lipinski definition) is 1. The van der Waals surface area contributed by atoms with Crippen LogP contribution in [0.1, 0.15) is 10.4 Å². The summed E-state index contributed by atoms with van der Waals surface area (Å²) in [5.41, 5.74) is 0.111. The first-order chi connectivity index (χ1) is 9.88. The zero-order valence-electron chi connectivity index (χ0n) is 10.3. The molecular formula is C13H7BrCl2N2O3. The van der Waals surface area contributed by atoms with Crippen molar-refractivity contribution in [1.82, 2.24) is 0 Å². The van der Waals surface area contributed by atoms with Crippen molar-refractivity contribution in [2.75, 3.05) is 5.32 Å². The van der Waals surface area contributed by atoms with E-state index in [1.807, 2.05) is 0 Å². The second-order valence-corrected chi connectivity index (χ2v) is 5.70. The third kappa shape index (κ3) is 3.72. The molecule has 2 aromatic rings. The molecule has 0 spiro atoms. The Morgan fingerprint density at radius 2 is 1.90 bits per heavy atom. The van der Waals surface area contributed by atoms with Crippen molar-refractivity contribution in [2.45, 2.75) is 0 Å². The quantitative estimate of drug-likeness (QED) is 0.598. The van der Waals surface area contributed by atoms with Gasteiger partial charge in [-0.05, 0) is 46.3 Å². The molecule has 0 heterocycles. The zero-order valence-corrected chi connectivity index (χ0v) is 13.4. The first-order valence-electron chi connectivity index (χ1n) is 5.59. The number of nitro groups is 1. The summed E-state index contributed by atoms with van der Waals surface area (Å²) in [6.45, 7) is 0. The van der Waals surface area contributed by atoms with Gasteiger partial charge in [0.25, 0.3) is 11.6 Å². The third-order valence-electron chi connectivity index (χ3n) is 2.59. The zero-order chi connectivity index (χ0) is 15.6. The number of benzene rings is 2. The van der Waals surface area contributed by atoms with Gasteiger partial charge in [0, 0.05) is 21.1 Å². The molecule has 5 nitrogen and oxygen atoms in total. The largest absolute Gasteiger partial charge is 0.316 e. The van der Waals surface area contributed by atoms with Gasteiger partial charge in [-0.3, -0.25) is 14.9 Å². The Morgan fingerprint density at radius 3 is 2.52 bits per heavy atom. The molecular weight excluding hydrogens is 383 g/mol. The van der Waals surface area contributed by atoms with Crippen LogP contribution in [-0.4, -0.2) is 10.8 Å². The molecule has 0 atom stereocenters. The topological polar surface area (TPSA) is 72.2 Å². The smallest absolute Gasteiger partial charge is 0.294 e. The summed E-state index contributed by atoms with van der Waals surface area (Å²) < 4.78 is 0.558. The van der Waals surface area contributed by atoms with E-state index >= 15 is 0 Å². The molecule has 108 valence electrons. The fourth-order valence-corrected chi connectivity index (χ4v) is 2.26. The minimum atomic E-state index is -0.612. The fraction of sp³-hybridized carbons (Fsp3) is 0. The van der Waals surface area contributed by atoms with Crippen molar-refractivity contribution in [1.29, 1.82) is 0 Å². The van der Waals surface area contributed by atoms with E-state index in [1.165, 1.54) is 30.3 Å². The molecule has 0 saturated carbocycles. The Hall–Kier alpha value is -1.63. The number of halogens is 3. The molecule has 2 rings (SSSR count). The molecule has 1 amide bonds. The number of hydrogen-bond acceptors (Lipinski definition) is 3. The number of rotatable bonds is 3. The SMILES string of the molecule is O=C(Nc1ccc(Cl)cc1[N+](=O)[O-])c1ccc(Cl)c(Br)c1. The van der Waals surface area contributed by atoms with E-state index in [0.29, 0.717) is 15.1 Å². The van der Waals surface area contributed by atoms with Crippen molar-refractivity contribution < 1.29 is 9.72 Å². The lowest BCUT2D eigenvalue weighted by atomic mass is 10.2. The van der Waals surface area contributed by atoms with Crippen LogP contribution in [0.15, 0.2) is 40.9 Å². The second kappa shape index (κ2) is 6.43. The second-order valence-electron chi connectivity index (χ2n) is 4.00. The molecule has 2 aromatic carbocycles. The lowest BCUT2D eigenvalue weighted by molar-refractivity contribution is -0.383. The van der Waals surface area contributed by atoms with E-state index in [-0.39, 0.29) is 16.4 Å². The summed E-state index contributed by atoms with van der Waals surface area (Å²) in [6.07, 6.45) is 0. The molecule has 0 saturated heterocycles. The highest BCUT2D eigenvalue weighted by Gasteiger charge is 2.17. The summed E-state index contributed by atoms with van der Waals surface area (Å²) in [7, 11) is 0. The van der Waals surface area contributed by atoms with Crippen molar-refractivity contribution in [3.05, 3.63) is 66.6 Å². The average molecular weight is 390 g/mol. The highest BCUT2D eigenvalue weighted by atomic mass is 79.9. The van der Waals surface area contributed by atoms with Crippen molar-refractivity contribution >= 4 is 56.4 Å². The van der Waals surface area contributed by atoms with E-state index in [9.17, 15) is 14.9 Å². The van der Waals surface area contributed by atoms with Crippen LogP contribution in [0.4, 0.5) is 11.4 Å². The molecule has 0 aliphatic heterocycles. The van der Waals surface area contributed by atoms with Crippen LogP contribution in [0, 0.1) is 10.1 Å². The molecule has 1 N–H and O–H groups in total. The first-order valence-corrected chi connectivity index (χ1v) is 7.13. The van der Waals surface area contributed by atoms with Gasteiger partial charge in [0.1, 0.15) is 5.69 Å². The van der Waals surface area contributed by atoms with Gasteiger partial charge in [-0.1, -0.05) is 23.2 Å². The molecule has 0 radical (unpaired) electrons. The summed E-state index contributed by atoms with van der Waals surface area (Å²) >= 11 is 14.8. The molecule has 8 heteroatoms. The standard InChI is InChI=1S/C13H7BrCl2N2O3/c14-9-5-7(1-3-10(9)16)13(19)17-11-4-2-8(15)6-12(11)18(20)21/h1-6H,(H,17,19). The molecule has 0 bridgehead atoms. The first kappa shape index (κ1) is 15.8. The van der Waals surface area contributed by atoms with Crippen LogP contribution in [0.5, 0.6) is 0 Å². The summed E-state index contributed by atoms with van der Waals surface area (Å²) in [5.74, 6) is -0.488. The van der Waals surface area contributed by atoms with E-state index in [2.05, 4.69) is 21.2 Å². The highest BCUT2D eigenvalue weighted by Crippen LogP contribution is 2.29. The van der Waals surface area contributed by atoms with Gasteiger partial charge in [0.15, 0.2) is 0 Å². The van der Waals surface area contributed by atoms with Crippen LogP contribution < -0.4 is 5.32 Å².